The average Bonchev–Trinajstić information content (AvgIpc) is 2.47. The van der Waals surface area contributed by atoms with Gasteiger partial charge in [-0.25, -0.2) is 0 Å². The first kappa shape index (κ1) is 14.1. The van der Waals surface area contributed by atoms with Gasteiger partial charge in [-0.3, -0.25) is 0 Å². The predicted molar refractivity (Wildman–Crippen MR) is 84.1 cm³/mol. The van der Waals surface area contributed by atoms with Gasteiger partial charge in [-0.2, -0.15) is 0 Å². The standard InChI is InChI=1S/C17H19BrO/c1-14(12-18)13-19-17-9-7-16(8-10-17)11-15-5-3-2-4-6-15/h2-10,14H,11-13H2,1H3. The first-order valence-corrected chi connectivity index (χ1v) is 7.71. The number of alkyl halides is 1. The highest BCUT2D eigenvalue weighted by Crippen LogP contribution is 2.16. The summed E-state index contributed by atoms with van der Waals surface area (Å²) in [7, 11) is 0. The molecule has 1 nitrogen and oxygen atoms in total. The van der Waals surface area contributed by atoms with E-state index in [1.54, 1.807) is 0 Å². The van der Waals surface area contributed by atoms with Gasteiger partial charge in [0.25, 0.3) is 0 Å². The van der Waals surface area contributed by atoms with Crippen LogP contribution in [0, 0.1) is 5.92 Å². The van der Waals surface area contributed by atoms with E-state index in [1.165, 1.54) is 11.1 Å². The third kappa shape index (κ3) is 4.71. The summed E-state index contributed by atoms with van der Waals surface area (Å²) in [4.78, 5) is 0. The highest BCUT2D eigenvalue weighted by molar-refractivity contribution is 9.09. The predicted octanol–water partition coefficient (Wildman–Crippen LogP) is 4.69. The molecule has 0 amide bonds. The van der Waals surface area contributed by atoms with Crippen molar-refractivity contribution in [2.24, 2.45) is 5.92 Å². The first-order chi connectivity index (χ1) is 9.28. The zero-order chi connectivity index (χ0) is 13.5. The van der Waals surface area contributed by atoms with Crippen LogP contribution in [0.25, 0.3) is 0 Å². The maximum Gasteiger partial charge on any atom is 0.119 e. The quantitative estimate of drug-likeness (QED) is 0.702. The first-order valence-electron chi connectivity index (χ1n) is 6.59. The van der Waals surface area contributed by atoms with E-state index >= 15 is 0 Å². The fourth-order valence-corrected chi connectivity index (χ4v) is 2.01. The molecule has 0 aliphatic heterocycles. The molecule has 0 spiro atoms. The molecule has 0 saturated heterocycles. The van der Waals surface area contributed by atoms with Gasteiger partial charge in [0.2, 0.25) is 0 Å². The fraction of sp³-hybridized carbons (Fsp3) is 0.294. The third-order valence-electron chi connectivity index (χ3n) is 2.97. The van der Waals surface area contributed by atoms with Gasteiger partial charge in [0, 0.05) is 5.33 Å². The van der Waals surface area contributed by atoms with Gasteiger partial charge in [-0.1, -0.05) is 65.3 Å². The summed E-state index contributed by atoms with van der Waals surface area (Å²) in [6, 6.07) is 18.9. The molecule has 19 heavy (non-hydrogen) atoms. The van der Waals surface area contributed by atoms with Crippen LogP contribution in [-0.4, -0.2) is 11.9 Å². The number of hydrogen-bond acceptors (Lipinski definition) is 1. The van der Waals surface area contributed by atoms with Crippen LogP contribution in [0.2, 0.25) is 0 Å². The SMILES string of the molecule is CC(CBr)COc1ccc(Cc2ccccc2)cc1. The van der Waals surface area contributed by atoms with Gasteiger partial charge in [0.1, 0.15) is 5.75 Å². The minimum absolute atomic E-state index is 0.531. The fourth-order valence-electron chi connectivity index (χ4n) is 1.82. The van der Waals surface area contributed by atoms with Crippen LogP contribution in [0.1, 0.15) is 18.1 Å². The normalized spacial score (nSPS) is 12.1. The zero-order valence-corrected chi connectivity index (χ0v) is 12.8. The summed E-state index contributed by atoms with van der Waals surface area (Å²) in [6.45, 7) is 2.92. The van der Waals surface area contributed by atoms with Gasteiger partial charge in [0.15, 0.2) is 0 Å². The van der Waals surface area contributed by atoms with E-state index in [4.69, 9.17) is 4.74 Å². The Hall–Kier alpha value is -1.28. The molecule has 0 aliphatic carbocycles. The Labute approximate surface area is 123 Å². The van der Waals surface area contributed by atoms with Crippen molar-refractivity contribution in [2.75, 3.05) is 11.9 Å². The van der Waals surface area contributed by atoms with E-state index in [2.05, 4.69) is 71.4 Å². The van der Waals surface area contributed by atoms with Crippen molar-refractivity contribution in [2.45, 2.75) is 13.3 Å². The number of hydrogen-bond donors (Lipinski definition) is 0. The molecule has 100 valence electrons. The summed E-state index contributed by atoms with van der Waals surface area (Å²) >= 11 is 3.46. The lowest BCUT2D eigenvalue weighted by atomic mass is 10.1. The van der Waals surface area contributed by atoms with Crippen molar-refractivity contribution in [3.05, 3.63) is 65.7 Å². The molecule has 2 heteroatoms. The highest BCUT2D eigenvalue weighted by Gasteiger charge is 2.01. The maximum absolute atomic E-state index is 5.73. The van der Waals surface area contributed by atoms with E-state index < -0.39 is 0 Å². The van der Waals surface area contributed by atoms with Gasteiger partial charge >= 0.3 is 0 Å². The molecule has 0 fully saturated rings. The molecule has 0 aliphatic rings. The maximum atomic E-state index is 5.73. The molecule has 0 N–H and O–H groups in total. The zero-order valence-electron chi connectivity index (χ0n) is 11.2. The molecular formula is C17H19BrO. The van der Waals surface area contributed by atoms with Crippen molar-refractivity contribution in [1.82, 2.24) is 0 Å². The number of rotatable bonds is 6. The summed E-state index contributed by atoms with van der Waals surface area (Å²) in [5, 5.41) is 0.971. The lowest BCUT2D eigenvalue weighted by molar-refractivity contribution is 0.274. The summed E-state index contributed by atoms with van der Waals surface area (Å²) in [5.74, 6) is 1.48. The lowest BCUT2D eigenvalue weighted by Crippen LogP contribution is -2.09. The molecule has 0 bridgehead atoms. The second-order valence-electron chi connectivity index (χ2n) is 4.88. The second-order valence-corrected chi connectivity index (χ2v) is 5.52. The van der Waals surface area contributed by atoms with E-state index in [0.29, 0.717) is 5.92 Å². The Kier molecular flexibility index (Phi) is 5.46. The minimum Gasteiger partial charge on any atom is -0.493 e. The number of ether oxygens (including phenoxy) is 1. The molecule has 2 rings (SSSR count). The van der Waals surface area contributed by atoms with Gasteiger partial charge in [0.05, 0.1) is 6.61 Å². The van der Waals surface area contributed by atoms with E-state index in [9.17, 15) is 0 Å². The van der Waals surface area contributed by atoms with Crippen LogP contribution >= 0.6 is 15.9 Å². The molecule has 1 atom stereocenters. The van der Waals surface area contributed by atoms with Crippen LogP contribution in [-0.2, 0) is 6.42 Å². The molecule has 0 heterocycles. The smallest absolute Gasteiger partial charge is 0.119 e. The molecule has 2 aromatic carbocycles. The summed E-state index contributed by atoms with van der Waals surface area (Å²) in [6.07, 6.45) is 0.971. The number of benzene rings is 2. The Morgan fingerprint density at radius 3 is 2.21 bits per heavy atom. The summed E-state index contributed by atoms with van der Waals surface area (Å²) in [5.41, 5.74) is 2.65. The topological polar surface area (TPSA) is 9.23 Å². The monoisotopic (exact) mass is 318 g/mol. The van der Waals surface area contributed by atoms with Crippen LogP contribution in [0.5, 0.6) is 5.75 Å². The number of halogens is 1. The van der Waals surface area contributed by atoms with E-state index in [-0.39, 0.29) is 0 Å². The van der Waals surface area contributed by atoms with Crippen LogP contribution in [0.4, 0.5) is 0 Å². The molecule has 0 saturated carbocycles. The third-order valence-corrected chi connectivity index (χ3v) is 4.08. The van der Waals surface area contributed by atoms with Gasteiger partial charge in [-0.05, 0) is 35.6 Å². The minimum atomic E-state index is 0.531. The van der Waals surface area contributed by atoms with Crippen LogP contribution in [0.3, 0.4) is 0 Å². The molecular weight excluding hydrogens is 300 g/mol. The van der Waals surface area contributed by atoms with E-state index in [0.717, 1.165) is 24.1 Å². The van der Waals surface area contributed by atoms with Crippen molar-refractivity contribution in [3.8, 4) is 5.75 Å². The van der Waals surface area contributed by atoms with Crippen molar-refractivity contribution < 1.29 is 4.74 Å². The average molecular weight is 319 g/mol. The highest BCUT2D eigenvalue weighted by atomic mass is 79.9. The Morgan fingerprint density at radius 1 is 0.947 bits per heavy atom. The van der Waals surface area contributed by atoms with Crippen LogP contribution < -0.4 is 4.74 Å². The van der Waals surface area contributed by atoms with Gasteiger partial charge in [-0.15, -0.1) is 0 Å². The molecule has 0 aromatic heterocycles. The Balaban J connectivity index is 1.91. The largest absolute Gasteiger partial charge is 0.493 e. The van der Waals surface area contributed by atoms with Crippen molar-refractivity contribution in [1.29, 1.82) is 0 Å². The van der Waals surface area contributed by atoms with Crippen LogP contribution in [0.15, 0.2) is 54.6 Å². The van der Waals surface area contributed by atoms with E-state index in [1.807, 2.05) is 6.07 Å². The van der Waals surface area contributed by atoms with Crippen molar-refractivity contribution in [3.63, 3.8) is 0 Å². The molecule has 1 unspecified atom stereocenters. The van der Waals surface area contributed by atoms with Gasteiger partial charge < -0.3 is 4.74 Å². The Morgan fingerprint density at radius 2 is 1.58 bits per heavy atom. The summed E-state index contributed by atoms with van der Waals surface area (Å²) < 4.78 is 5.73. The molecule has 2 aromatic rings. The second kappa shape index (κ2) is 7.34. The Bertz CT molecular complexity index is 478. The van der Waals surface area contributed by atoms with Crippen molar-refractivity contribution >= 4 is 15.9 Å². The lowest BCUT2D eigenvalue weighted by Gasteiger charge is -2.10. The molecule has 0 radical (unpaired) electrons.